The van der Waals surface area contributed by atoms with Crippen molar-refractivity contribution in [2.24, 2.45) is 0 Å². The first kappa shape index (κ1) is 21.4. The van der Waals surface area contributed by atoms with Crippen molar-refractivity contribution in [1.29, 1.82) is 0 Å². The molecule has 1 aliphatic heterocycles. The summed E-state index contributed by atoms with van der Waals surface area (Å²) in [5.41, 5.74) is 4.08. The molecule has 0 aliphatic carbocycles. The number of hydrogen-bond acceptors (Lipinski definition) is 4. The SMILES string of the molecule is COCc1c(C(=O)N2CCN(C(c3ccccc3)c3ccccc3)CC2)oc2ccccc12. The molecule has 33 heavy (non-hydrogen) atoms. The number of carbonyl (C=O) groups is 1. The predicted octanol–water partition coefficient (Wildman–Crippen LogP) is 5.13. The largest absolute Gasteiger partial charge is 0.451 e. The highest BCUT2D eigenvalue weighted by atomic mass is 16.5. The molecule has 5 rings (SSSR count). The average molecular weight is 441 g/mol. The molecule has 0 spiro atoms. The maximum Gasteiger partial charge on any atom is 0.290 e. The van der Waals surface area contributed by atoms with Crippen LogP contribution in [0.2, 0.25) is 0 Å². The first-order chi connectivity index (χ1) is 16.3. The molecule has 4 aromatic rings. The van der Waals surface area contributed by atoms with Gasteiger partial charge in [-0.1, -0.05) is 78.9 Å². The Kier molecular flexibility index (Phi) is 6.24. The third kappa shape index (κ3) is 4.30. The zero-order valence-electron chi connectivity index (χ0n) is 18.8. The van der Waals surface area contributed by atoms with E-state index < -0.39 is 0 Å². The van der Waals surface area contributed by atoms with Crippen molar-refractivity contribution < 1.29 is 13.9 Å². The summed E-state index contributed by atoms with van der Waals surface area (Å²) >= 11 is 0. The van der Waals surface area contributed by atoms with Gasteiger partial charge >= 0.3 is 0 Å². The minimum absolute atomic E-state index is 0.0612. The number of furan rings is 1. The molecule has 0 saturated carbocycles. The summed E-state index contributed by atoms with van der Waals surface area (Å²) in [6, 6.07) is 29.1. The van der Waals surface area contributed by atoms with Gasteiger partial charge in [-0.3, -0.25) is 9.69 Å². The van der Waals surface area contributed by atoms with E-state index in [1.165, 1.54) is 11.1 Å². The molecule has 0 atom stereocenters. The lowest BCUT2D eigenvalue weighted by molar-refractivity contribution is 0.0564. The number of para-hydroxylation sites is 1. The zero-order chi connectivity index (χ0) is 22.6. The summed E-state index contributed by atoms with van der Waals surface area (Å²) in [6.07, 6.45) is 0. The molecule has 0 radical (unpaired) electrons. The number of ether oxygens (including phenoxy) is 1. The summed E-state index contributed by atoms with van der Waals surface area (Å²) in [7, 11) is 1.64. The van der Waals surface area contributed by atoms with E-state index in [9.17, 15) is 4.79 Å². The lowest BCUT2D eigenvalue weighted by atomic mass is 9.96. The topological polar surface area (TPSA) is 45.9 Å². The number of methoxy groups -OCH3 is 1. The summed E-state index contributed by atoms with van der Waals surface area (Å²) in [5, 5.41) is 0.939. The number of nitrogens with zero attached hydrogens (tertiary/aromatic N) is 2. The van der Waals surface area contributed by atoms with Crippen molar-refractivity contribution in [3.05, 3.63) is 107 Å². The van der Waals surface area contributed by atoms with Crippen molar-refractivity contribution in [3.8, 4) is 0 Å². The second kappa shape index (κ2) is 9.61. The highest BCUT2D eigenvalue weighted by Gasteiger charge is 2.31. The van der Waals surface area contributed by atoms with Gasteiger partial charge in [0, 0.05) is 44.2 Å². The van der Waals surface area contributed by atoms with E-state index in [2.05, 4.69) is 53.4 Å². The Labute approximate surface area is 194 Å². The van der Waals surface area contributed by atoms with E-state index in [0.717, 1.165) is 29.6 Å². The van der Waals surface area contributed by atoms with Gasteiger partial charge in [-0.25, -0.2) is 0 Å². The number of carbonyl (C=O) groups excluding carboxylic acids is 1. The molecule has 1 saturated heterocycles. The van der Waals surface area contributed by atoms with E-state index in [-0.39, 0.29) is 11.9 Å². The van der Waals surface area contributed by atoms with E-state index in [0.29, 0.717) is 25.5 Å². The number of fused-ring (bicyclic) bond motifs is 1. The normalized spacial score (nSPS) is 14.8. The van der Waals surface area contributed by atoms with Gasteiger partial charge in [0.05, 0.1) is 12.6 Å². The van der Waals surface area contributed by atoms with Crippen LogP contribution in [0.1, 0.15) is 33.3 Å². The van der Waals surface area contributed by atoms with Crippen molar-refractivity contribution in [2.75, 3.05) is 33.3 Å². The van der Waals surface area contributed by atoms with E-state index in [1.807, 2.05) is 41.3 Å². The first-order valence-corrected chi connectivity index (χ1v) is 11.4. The van der Waals surface area contributed by atoms with Crippen LogP contribution >= 0.6 is 0 Å². The average Bonchev–Trinajstić information content (AvgIpc) is 3.24. The van der Waals surface area contributed by atoms with Crippen LogP contribution in [0.15, 0.2) is 89.3 Å². The predicted molar refractivity (Wildman–Crippen MR) is 129 cm³/mol. The van der Waals surface area contributed by atoms with Crippen LogP contribution in [0.3, 0.4) is 0 Å². The van der Waals surface area contributed by atoms with E-state index >= 15 is 0 Å². The third-order valence-corrected chi connectivity index (χ3v) is 6.38. The molecule has 0 N–H and O–H groups in total. The Morgan fingerprint density at radius 1 is 0.848 bits per heavy atom. The number of piperazine rings is 1. The molecule has 5 heteroatoms. The Morgan fingerprint density at radius 3 is 2.03 bits per heavy atom. The quantitative estimate of drug-likeness (QED) is 0.417. The van der Waals surface area contributed by atoms with Crippen LogP contribution in [0.4, 0.5) is 0 Å². The van der Waals surface area contributed by atoms with Crippen LogP contribution in [0.5, 0.6) is 0 Å². The number of hydrogen-bond donors (Lipinski definition) is 0. The Balaban J connectivity index is 1.37. The molecule has 0 unspecified atom stereocenters. The fourth-order valence-corrected chi connectivity index (χ4v) is 4.77. The third-order valence-electron chi connectivity index (χ3n) is 6.38. The molecular formula is C28H28N2O3. The standard InChI is InChI=1S/C28H28N2O3/c1-32-20-24-23-14-8-9-15-25(23)33-27(24)28(31)30-18-16-29(17-19-30)26(21-10-4-2-5-11-21)22-12-6-3-7-13-22/h2-15,26H,16-20H2,1H3. The van der Waals surface area contributed by atoms with Crippen LogP contribution in [-0.4, -0.2) is 49.0 Å². The van der Waals surface area contributed by atoms with Gasteiger partial charge in [0.15, 0.2) is 5.76 Å². The van der Waals surface area contributed by atoms with Crippen molar-refractivity contribution in [1.82, 2.24) is 9.80 Å². The van der Waals surface area contributed by atoms with Gasteiger partial charge in [0.1, 0.15) is 5.58 Å². The summed E-state index contributed by atoms with van der Waals surface area (Å²) in [5.74, 6) is 0.336. The van der Waals surface area contributed by atoms with Crippen molar-refractivity contribution in [2.45, 2.75) is 12.6 Å². The number of benzene rings is 3. The minimum atomic E-state index is -0.0612. The second-order valence-electron chi connectivity index (χ2n) is 8.39. The fourth-order valence-electron chi connectivity index (χ4n) is 4.77. The minimum Gasteiger partial charge on any atom is -0.451 e. The highest BCUT2D eigenvalue weighted by Crippen LogP contribution is 2.31. The molecule has 3 aromatic carbocycles. The molecule has 1 aromatic heterocycles. The maximum absolute atomic E-state index is 13.4. The lowest BCUT2D eigenvalue weighted by Gasteiger charge is -2.39. The van der Waals surface area contributed by atoms with E-state index in [4.69, 9.17) is 9.15 Å². The Bertz CT molecular complexity index is 1170. The summed E-state index contributed by atoms with van der Waals surface area (Å²) in [6.45, 7) is 3.24. The van der Waals surface area contributed by atoms with Crippen LogP contribution in [0, 0.1) is 0 Å². The zero-order valence-corrected chi connectivity index (χ0v) is 18.8. The summed E-state index contributed by atoms with van der Waals surface area (Å²) < 4.78 is 11.4. The van der Waals surface area contributed by atoms with Gasteiger partial charge in [-0.15, -0.1) is 0 Å². The van der Waals surface area contributed by atoms with E-state index in [1.54, 1.807) is 7.11 Å². The van der Waals surface area contributed by atoms with Crippen molar-refractivity contribution in [3.63, 3.8) is 0 Å². The summed E-state index contributed by atoms with van der Waals surface area (Å²) in [4.78, 5) is 17.8. The number of rotatable bonds is 6. The highest BCUT2D eigenvalue weighted by molar-refractivity contribution is 5.99. The molecule has 0 bridgehead atoms. The first-order valence-electron chi connectivity index (χ1n) is 11.4. The van der Waals surface area contributed by atoms with Gasteiger partial charge < -0.3 is 14.1 Å². The molecule has 5 nitrogen and oxygen atoms in total. The van der Waals surface area contributed by atoms with Crippen molar-refractivity contribution >= 4 is 16.9 Å². The maximum atomic E-state index is 13.4. The fraction of sp³-hybridized carbons (Fsp3) is 0.250. The second-order valence-corrected chi connectivity index (χ2v) is 8.39. The van der Waals surface area contributed by atoms with Crippen LogP contribution < -0.4 is 0 Å². The molecule has 2 heterocycles. The molecule has 1 aliphatic rings. The van der Waals surface area contributed by atoms with Gasteiger partial charge in [0.25, 0.3) is 5.91 Å². The molecule has 1 fully saturated rings. The Morgan fingerprint density at radius 2 is 1.42 bits per heavy atom. The lowest BCUT2D eigenvalue weighted by Crippen LogP contribution is -2.50. The monoisotopic (exact) mass is 440 g/mol. The van der Waals surface area contributed by atoms with Crippen LogP contribution in [-0.2, 0) is 11.3 Å². The molecule has 1 amide bonds. The Hall–Kier alpha value is -3.41. The molecule has 168 valence electrons. The van der Waals surface area contributed by atoms with Gasteiger partial charge in [-0.05, 0) is 17.2 Å². The molecular weight excluding hydrogens is 412 g/mol. The van der Waals surface area contributed by atoms with Gasteiger partial charge in [-0.2, -0.15) is 0 Å². The van der Waals surface area contributed by atoms with Crippen LogP contribution in [0.25, 0.3) is 11.0 Å². The smallest absolute Gasteiger partial charge is 0.290 e. The number of amides is 1. The van der Waals surface area contributed by atoms with Gasteiger partial charge in [0.2, 0.25) is 0 Å².